The summed E-state index contributed by atoms with van der Waals surface area (Å²) in [5, 5.41) is 0. The van der Waals surface area contributed by atoms with E-state index in [2.05, 4.69) is 0 Å². The second kappa shape index (κ2) is 7.31. The minimum absolute atomic E-state index is 0.0236. The summed E-state index contributed by atoms with van der Waals surface area (Å²) >= 11 is 0. The van der Waals surface area contributed by atoms with Gasteiger partial charge in [-0.1, -0.05) is 42.5 Å². The highest BCUT2D eigenvalue weighted by Gasteiger charge is 2.57. The maximum absolute atomic E-state index is 14.0. The number of piperidine rings is 1. The third-order valence-corrected chi connectivity index (χ3v) is 5.90. The number of carbonyl (C=O) groups excluding carboxylic acids is 3. The molecule has 0 aliphatic carbocycles. The number of rotatable bonds is 3. The van der Waals surface area contributed by atoms with E-state index >= 15 is 0 Å². The van der Waals surface area contributed by atoms with Crippen LogP contribution < -0.4 is 0 Å². The molecule has 2 aromatic carbocycles. The summed E-state index contributed by atoms with van der Waals surface area (Å²) in [4.78, 5) is 42.8. The van der Waals surface area contributed by atoms with Gasteiger partial charge in [-0.15, -0.1) is 0 Å². The Bertz CT molecular complexity index is 955. The Morgan fingerprint density at radius 1 is 1.00 bits per heavy atom. The van der Waals surface area contributed by atoms with Gasteiger partial charge in [-0.3, -0.25) is 14.5 Å². The number of benzene rings is 2. The Hall–Kier alpha value is -3.22. The van der Waals surface area contributed by atoms with E-state index in [4.69, 9.17) is 0 Å². The smallest absolute Gasteiger partial charge is 0.327 e. The first-order valence-electron chi connectivity index (χ1n) is 9.61. The molecule has 150 valence electrons. The molecule has 2 aliphatic heterocycles. The predicted octanol–water partition coefficient (Wildman–Crippen LogP) is 2.89. The van der Waals surface area contributed by atoms with Crippen molar-refractivity contribution in [3.8, 4) is 0 Å². The van der Waals surface area contributed by atoms with Crippen LogP contribution in [-0.4, -0.2) is 58.2 Å². The first-order chi connectivity index (χ1) is 13.9. The molecule has 0 radical (unpaired) electrons. The largest absolute Gasteiger partial charge is 0.338 e. The number of carbonyl (C=O) groups is 3. The van der Waals surface area contributed by atoms with Crippen LogP contribution in [0.5, 0.6) is 0 Å². The van der Waals surface area contributed by atoms with Gasteiger partial charge in [0.05, 0.1) is 5.56 Å². The van der Waals surface area contributed by atoms with Crippen LogP contribution in [0.15, 0.2) is 54.6 Å². The molecule has 0 bridgehead atoms. The van der Waals surface area contributed by atoms with Crippen molar-refractivity contribution in [2.45, 2.75) is 24.9 Å². The zero-order valence-electron chi connectivity index (χ0n) is 16.2. The highest BCUT2D eigenvalue weighted by molar-refractivity contribution is 6.07. The average molecular weight is 395 g/mol. The Balaban J connectivity index is 1.56. The molecule has 0 saturated carbocycles. The van der Waals surface area contributed by atoms with Crippen molar-refractivity contribution >= 4 is 17.8 Å². The van der Waals surface area contributed by atoms with Gasteiger partial charge in [0.1, 0.15) is 11.4 Å². The van der Waals surface area contributed by atoms with Crippen molar-refractivity contribution in [3.05, 3.63) is 71.5 Å². The number of halogens is 1. The van der Waals surface area contributed by atoms with E-state index in [9.17, 15) is 18.8 Å². The molecule has 2 fully saturated rings. The molecule has 0 N–H and O–H groups in total. The molecule has 0 atom stereocenters. The van der Waals surface area contributed by atoms with E-state index in [-0.39, 0.29) is 30.6 Å². The van der Waals surface area contributed by atoms with Crippen LogP contribution >= 0.6 is 0 Å². The van der Waals surface area contributed by atoms with Crippen LogP contribution in [0, 0.1) is 5.82 Å². The van der Waals surface area contributed by atoms with E-state index in [0.29, 0.717) is 19.4 Å². The highest BCUT2D eigenvalue weighted by atomic mass is 19.1. The predicted molar refractivity (Wildman–Crippen MR) is 104 cm³/mol. The maximum Gasteiger partial charge on any atom is 0.327 e. The number of likely N-dealkylation sites (N-methyl/N-ethyl adjacent to an activating group) is 1. The second-order valence-electron chi connectivity index (χ2n) is 7.52. The van der Waals surface area contributed by atoms with Crippen molar-refractivity contribution in [1.82, 2.24) is 14.7 Å². The summed E-state index contributed by atoms with van der Waals surface area (Å²) in [6.45, 7) is 0.896. The van der Waals surface area contributed by atoms with Gasteiger partial charge in [-0.2, -0.15) is 0 Å². The van der Waals surface area contributed by atoms with Gasteiger partial charge >= 0.3 is 6.03 Å². The molecule has 2 aromatic rings. The minimum atomic E-state index is -0.965. The first kappa shape index (κ1) is 19.1. The van der Waals surface area contributed by atoms with Crippen molar-refractivity contribution in [3.63, 3.8) is 0 Å². The molecule has 29 heavy (non-hydrogen) atoms. The fourth-order valence-electron chi connectivity index (χ4n) is 4.23. The van der Waals surface area contributed by atoms with Crippen molar-refractivity contribution in [2.75, 3.05) is 20.1 Å². The zero-order chi connectivity index (χ0) is 20.6. The van der Waals surface area contributed by atoms with Gasteiger partial charge in [-0.05, 0) is 30.5 Å². The molecule has 6 nitrogen and oxygen atoms in total. The van der Waals surface area contributed by atoms with Gasteiger partial charge in [0.2, 0.25) is 0 Å². The molecule has 1 spiro atoms. The van der Waals surface area contributed by atoms with Crippen LogP contribution in [-0.2, 0) is 11.3 Å². The molecule has 0 unspecified atom stereocenters. The number of likely N-dealkylation sites (tertiary alicyclic amines) is 1. The summed E-state index contributed by atoms with van der Waals surface area (Å²) in [6.07, 6.45) is 0.657. The standard InChI is InChI=1S/C22H22FN3O3/c1-24-20(28)22(26(21(24)29)15-16-7-3-2-4-8-16)11-13-25(14-12-22)19(27)17-9-5-6-10-18(17)23/h2-10H,11-15H2,1H3. The summed E-state index contributed by atoms with van der Waals surface area (Å²) in [6, 6.07) is 15.1. The lowest BCUT2D eigenvalue weighted by Gasteiger charge is -2.42. The zero-order valence-corrected chi connectivity index (χ0v) is 16.2. The molecule has 0 aromatic heterocycles. The average Bonchev–Trinajstić information content (AvgIpc) is 2.91. The number of hydrogen-bond donors (Lipinski definition) is 0. The van der Waals surface area contributed by atoms with Gasteiger partial charge < -0.3 is 9.80 Å². The van der Waals surface area contributed by atoms with E-state index in [1.54, 1.807) is 15.9 Å². The molecule has 2 aliphatic rings. The topological polar surface area (TPSA) is 60.9 Å². The van der Waals surface area contributed by atoms with Crippen LogP contribution in [0.2, 0.25) is 0 Å². The van der Waals surface area contributed by atoms with Crippen LogP contribution in [0.4, 0.5) is 9.18 Å². The van der Waals surface area contributed by atoms with Crippen molar-refractivity contribution in [1.29, 1.82) is 0 Å². The van der Waals surface area contributed by atoms with E-state index < -0.39 is 17.3 Å². The number of imide groups is 1. The Morgan fingerprint density at radius 2 is 1.62 bits per heavy atom. The summed E-state index contributed by atoms with van der Waals surface area (Å²) in [7, 11) is 1.49. The lowest BCUT2D eigenvalue weighted by atomic mass is 9.85. The Labute approximate surface area is 168 Å². The highest BCUT2D eigenvalue weighted by Crippen LogP contribution is 2.38. The normalized spacial score (nSPS) is 18.6. The Morgan fingerprint density at radius 3 is 2.28 bits per heavy atom. The Kier molecular flexibility index (Phi) is 4.82. The number of hydrogen-bond acceptors (Lipinski definition) is 3. The number of amides is 4. The fraction of sp³-hybridized carbons (Fsp3) is 0.318. The van der Waals surface area contributed by atoms with Gasteiger partial charge in [0, 0.05) is 26.7 Å². The van der Waals surface area contributed by atoms with E-state index in [1.165, 1.54) is 25.2 Å². The third kappa shape index (κ3) is 3.16. The SMILES string of the molecule is CN1C(=O)N(Cc2ccccc2)C2(CCN(C(=O)c3ccccc3F)CC2)C1=O. The fourth-order valence-corrected chi connectivity index (χ4v) is 4.23. The second-order valence-corrected chi connectivity index (χ2v) is 7.52. The molecule has 4 rings (SSSR count). The first-order valence-corrected chi connectivity index (χ1v) is 9.61. The monoisotopic (exact) mass is 395 g/mol. The van der Waals surface area contributed by atoms with Crippen LogP contribution in [0.1, 0.15) is 28.8 Å². The number of urea groups is 1. The van der Waals surface area contributed by atoms with E-state index in [0.717, 1.165) is 10.5 Å². The minimum Gasteiger partial charge on any atom is -0.338 e. The molecule has 4 amide bonds. The van der Waals surface area contributed by atoms with Crippen molar-refractivity contribution in [2.24, 2.45) is 0 Å². The summed E-state index contributed by atoms with van der Waals surface area (Å²) in [5.74, 6) is -1.19. The quantitative estimate of drug-likeness (QED) is 0.751. The third-order valence-electron chi connectivity index (χ3n) is 5.90. The molecule has 2 saturated heterocycles. The lowest BCUT2D eigenvalue weighted by molar-refractivity contribution is -0.134. The molecular weight excluding hydrogens is 373 g/mol. The lowest BCUT2D eigenvalue weighted by Crippen LogP contribution is -2.57. The van der Waals surface area contributed by atoms with Crippen molar-refractivity contribution < 1.29 is 18.8 Å². The van der Waals surface area contributed by atoms with E-state index in [1.807, 2.05) is 30.3 Å². The van der Waals surface area contributed by atoms with Crippen LogP contribution in [0.3, 0.4) is 0 Å². The van der Waals surface area contributed by atoms with Gasteiger partial charge in [-0.25, -0.2) is 9.18 Å². The molecular formula is C22H22FN3O3. The molecule has 7 heteroatoms. The maximum atomic E-state index is 14.0. The van der Waals surface area contributed by atoms with Gasteiger partial charge in [0.25, 0.3) is 11.8 Å². The van der Waals surface area contributed by atoms with Gasteiger partial charge in [0.15, 0.2) is 0 Å². The summed E-state index contributed by atoms with van der Waals surface area (Å²) < 4.78 is 14.0. The number of nitrogens with zero attached hydrogens (tertiary/aromatic N) is 3. The molecule has 2 heterocycles. The van der Waals surface area contributed by atoms with Crippen LogP contribution in [0.25, 0.3) is 0 Å². The summed E-state index contributed by atoms with van der Waals surface area (Å²) in [5.41, 5.74) is -0.00282.